The molecule has 16 heavy (non-hydrogen) atoms. The van der Waals surface area contributed by atoms with Gasteiger partial charge in [0, 0.05) is 12.1 Å². The lowest BCUT2D eigenvalue weighted by atomic mass is 9.96. The first-order valence-corrected chi connectivity index (χ1v) is 6.13. The fraction of sp³-hybridized carbons (Fsp3) is 0.917. The molecule has 1 unspecified atom stereocenters. The predicted octanol–water partition coefficient (Wildman–Crippen LogP) is 1.65. The Hall–Kier alpha value is -0.770. The monoisotopic (exact) mass is 226 g/mol. The molecule has 2 N–H and O–H groups in total. The number of rotatable bonds is 2. The van der Waals surface area contributed by atoms with Crippen LogP contribution < -0.4 is 10.6 Å². The topological polar surface area (TPSA) is 50.4 Å². The highest BCUT2D eigenvalue weighted by molar-refractivity contribution is 5.69. The van der Waals surface area contributed by atoms with Crippen molar-refractivity contribution in [3.05, 3.63) is 0 Å². The third-order valence-corrected chi connectivity index (χ3v) is 3.38. The van der Waals surface area contributed by atoms with Crippen molar-refractivity contribution in [2.24, 2.45) is 5.92 Å². The molecule has 1 saturated carbocycles. The molecule has 1 saturated heterocycles. The van der Waals surface area contributed by atoms with Crippen LogP contribution in [0.3, 0.4) is 0 Å². The Labute approximate surface area is 97.1 Å². The van der Waals surface area contributed by atoms with E-state index in [0.717, 1.165) is 32.4 Å². The average molecular weight is 226 g/mol. The zero-order valence-electron chi connectivity index (χ0n) is 10.4. The second kappa shape index (κ2) is 3.91. The molecule has 0 aromatic carbocycles. The van der Waals surface area contributed by atoms with Crippen LogP contribution in [0.25, 0.3) is 0 Å². The van der Waals surface area contributed by atoms with Crippen LogP contribution in [0.15, 0.2) is 0 Å². The highest BCUT2D eigenvalue weighted by Crippen LogP contribution is 2.44. The van der Waals surface area contributed by atoms with Crippen LogP contribution >= 0.6 is 0 Å². The van der Waals surface area contributed by atoms with E-state index >= 15 is 0 Å². The largest absolute Gasteiger partial charge is 0.444 e. The summed E-state index contributed by atoms with van der Waals surface area (Å²) in [6.45, 7) is 7.77. The number of carbonyl (C=O) groups excluding carboxylic acids is 1. The van der Waals surface area contributed by atoms with E-state index in [9.17, 15) is 4.79 Å². The average Bonchev–Trinajstić information content (AvgIpc) is 2.71. The lowest BCUT2D eigenvalue weighted by Crippen LogP contribution is -2.45. The standard InChI is InChI=1S/C12H22N2O2/c1-11(2,3)16-10(15)14-12(5-6-12)9-4-7-13-8-9/h9,13H,4-8H2,1-3H3,(H,14,15). The molecular weight excluding hydrogens is 204 g/mol. The van der Waals surface area contributed by atoms with Crippen molar-refractivity contribution in [3.63, 3.8) is 0 Å². The summed E-state index contributed by atoms with van der Waals surface area (Å²) in [6.07, 6.45) is 3.09. The molecule has 4 nitrogen and oxygen atoms in total. The molecular formula is C12H22N2O2. The van der Waals surface area contributed by atoms with E-state index in [4.69, 9.17) is 4.74 Å². The molecule has 0 aromatic rings. The number of ether oxygens (including phenoxy) is 1. The van der Waals surface area contributed by atoms with Crippen LogP contribution in [-0.4, -0.2) is 30.3 Å². The minimum Gasteiger partial charge on any atom is -0.444 e. The lowest BCUT2D eigenvalue weighted by Gasteiger charge is -2.26. The fourth-order valence-electron chi connectivity index (χ4n) is 2.40. The summed E-state index contributed by atoms with van der Waals surface area (Å²) in [6, 6.07) is 0. The maximum absolute atomic E-state index is 11.7. The van der Waals surface area contributed by atoms with E-state index in [1.807, 2.05) is 20.8 Å². The Morgan fingerprint density at radius 1 is 1.44 bits per heavy atom. The fourth-order valence-corrected chi connectivity index (χ4v) is 2.40. The summed E-state index contributed by atoms with van der Waals surface area (Å²) in [5, 5.41) is 6.41. The number of amides is 1. The van der Waals surface area contributed by atoms with Gasteiger partial charge in [-0.25, -0.2) is 4.79 Å². The predicted molar refractivity (Wildman–Crippen MR) is 62.3 cm³/mol. The summed E-state index contributed by atoms with van der Waals surface area (Å²) in [7, 11) is 0. The molecule has 2 fully saturated rings. The Morgan fingerprint density at radius 3 is 2.56 bits per heavy atom. The quantitative estimate of drug-likeness (QED) is 0.753. The van der Waals surface area contributed by atoms with Gasteiger partial charge >= 0.3 is 6.09 Å². The third-order valence-electron chi connectivity index (χ3n) is 3.38. The van der Waals surface area contributed by atoms with Gasteiger partial charge in [-0.3, -0.25) is 0 Å². The molecule has 4 heteroatoms. The Balaban J connectivity index is 1.86. The number of hydrogen-bond acceptors (Lipinski definition) is 3. The highest BCUT2D eigenvalue weighted by Gasteiger charge is 2.51. The zero-order chi connectivity index (χ0) is 11.8. The maximum atomic E-state index is 11.7. The number of alkyl carbamates (subject to hydrolysis) is 1. The van der Waals surface area contributed by atoms with Gasteiger partial charge in [0.15, 0.2) is 0 Å². The molecule has 1 atom stereocenters. The van der Waals surface area contributed by atoms with Crippen molar-refractivity contribution in [1.82, 2.24) is 10.6 Å². The maximum Gasteiger partial charge on any atom is 0.408 e. The van der Waals surface area contributed by atoms with E-state index in [1.165, 1.54) is 0 Å². The van der Waals surface area contributed by atoms with Crippen molar-refractivity contribution in [1.29, 1.82) is 0 Å². The summed E-state index contributed by atoms with van der Waals surface area (Å²) < 4.78 is 5.30. The minimum absolute atomic E-state index is 0.0336. The van der Waals surface area contributed by atoms with Gasteiger partial charge < -0.3 is 15.4 Å². The molecule has 2 aliphatic rings. The summed E-state index contributed by atoms with van der Waals surface area (Å²) in [5.74, 6) is 0.583. The van der Waals surface area contributed by atoms with E-state index in [-0.39, 0.29) is 11.6 Å². The molecule has 0 bridgehead atoms. The molecule has 1 amide bonds. The Morgan fingerprint density at radius 2 is 2.12 bits per heavy atom. The second-order valence-electron chi connectivity index (χ2n) is 5.97. The Bertz CT molecular complexity index is 273. The van der Waals surface area contributed by atoms with Gasteiger partial charge in [0.05, 0.1) is 0 Å². The minimum atomic E-state index is -0.409. The Kier molecular flexibility index (Phi) is 2.86. The zero-order valence-corrected chi connectivity index (χ0v) is 10.4. The van der Waals surface area contributed by atoms with Gasteiger partial charge in [0.2, 0.25) is 0 Å². The molecule has 0 spiro atoms. The number of hydrogen-bond donors (Lipinski definition) is 2. The number of carbonyl (C=O) groups is 1. The van der Waals surface area contributed by atoms with E-state index < -0.39 is 5.60 Å². The molecule has 1 aliphatic heterocycles. The van der Waals surface area contributed by atoms with E-state index in [0.29, 0.717) is 5.92 Å². The van der Waals surface area contributed by atoms with Gasteiger partial charge in [-0.1, -0.05) is 0 Å². The molecule has 1 heterocycles. The molecule has 0 aromatic heterocycles. The molecule has 92 valence electrons. The van der Waals surface area contributed by atoms with Gasteiger partial charge in [-0.2, -0.15) is 0 Å². The van der Waals surface area contributed by atoms with E-state index in [1.54, 1.807) is 0 Å². The van der Waals surface area contributed by atoms with Gasteiger partial charge in [-0.15, -0.1) is 0 Å². The highest BCUT2D eigenvalue weighted by atomic mass is 16.6. The first kappa shape index (κ1) is 11.7. The smallest absolute Gasteiger partial charge is 0.408 e. The molecule has 1 aliphatic carbocycles. The van der Waals surface area contributed by atoms with Gasteiger partial charge in [-0.05, 0) is 52.5 Å². The summed E-state index contributed by atoms with van der Waals surface area (Å²) in [4.78, 5) is 11.7. The van der Waals surface area contributed by atoms with Crippen molar-refractivity contribution < 1.29 is 9.53 Å². The lowest BCUT2D eigenvalue weighted by molar-refractivity contribution is 0.0477. The van der Waals surface area contributed by atoms with Crippen LogP contribution in [0, 0.1) is 5.92 Å². The summed E-state index contributed by atoms with van der Waals surface area (Å²) in [5.41, 5.74) is -0.375. The van der Waals surface area contributed by atoms with Crippen LogP contribution in [0.5, 0.6) is 0 Å². The summed E-state index contributed by atoms with van der Waals surface area (Å²) >= 11 is 0. The third kappa shape index (κ3) is 2.67. The van der Waals surface area contributed by atoms with Crippen molar-refractivity contribution in [2.75, 3.05) is 13.1 Å². The van der Waals surface area contributed by atoms with Crippen LogP contribution in [0.4, 0.5) is 4.79 Å². The number of nitrogens with one attached hydrogen (secondary N) is 2. The molecule has 2 rings (SSSR count). The SMILES string of the molecule is CC(C)(C)OC(=O)NC1(C2CCNC2)CC1. The first-order valence-electron chi connectivity index (χ1n) is 6.13. The van der Waals surface area contributed by atoms with Gasteiger partial charge in [0.1, 0.15) is 5.60 Å². The normalized spacial score (nSPS) is 27.6. The van der Waals surface area contributed by atoms with Gasteiger partial charge in [0.25, 0.3) is 0 Å². The van der Waals surface area contributed by atoms with Crippen molar-refractivity contribution >= 4 is 6.09 Å². The van der Waals surface area contributed by atoms with Crippen LogP contribution in [0.2, 0.25) is 0 Å². The first-order chi connectivity index (χ1) is 7.41. The van der Waals surface area contributed by atoms with Crippen LogP contribution in [0.1, 0.15) is 40.0 Å². The molecule has 0 radical (unpaired) electrons. The van der Waals surface area contributed by atoms with E-state index in [2.05, 4.69) is 10.6 Å². The van der Waals surface area contributed by atoms with Crippen LogP contribution in [-0.2, 0) is 4.74 Å². The second-order valence-corrected chi connectivity index (χ2v) is 5.97. The van der Waals surface area contributed by atoms with Crippen molar-refractivity contribution in [2.45, 2.75) is 51.2 Å². The van der Waals surface area contributed by atoms with Crippen molar-refractivity contribution in [3.8, 4) is 0 Å².